The van der Waals surface area contributed by atoms with Crippen molar-refractivity contribution in [3.05, 3.63) is 34.9 Å². The van der Waals surface area contributed by atoms with E-state index in [0.717, 1.165) is 36.9 Å². The van der Waals surface area contributed by atoms with Gasteiger partial charge in [0.05, 0.1) is 25.8 Å². The maximum absolute atomic E-state index is 6.46. The van der Waals surface area contributed by atoms with Crippen LogP contribution in [-0.4, -0.2) is 49.7 Å². The summed E-state index contributed by atoms with van der Waals surface area (Å²) in [5.74, 6) is 0.553. The van der Waals surface area contributed by atoms with Crippen molar-refractivity contribution < 1.29 is 4.74 Å². The molecule has 1 aliphatic carbocycles. The van der Waals surface area contributed by atoms with E-state index in [1.807, 2.05) is 18.2 Å². The number of nitrogens with two attached hydrogens (primary N) is 1. The van der Waals surface area contributed by atoms with Gasteiger partial charge in [-0.1, -0.05) is 49.1 Å². The van der Waals surface area contributed by atoms with E-state index in [9.17, 15) is 0 Å². The second-order valence-electron chi connectivity index (χ2n) is 6.89. The SMILES string of the molecule is NC(=NCC(c1ccccc1Cl)N1CCOCC1)NC1CCCCC1. The molecule has 1 aliphatic heterocycles. The van der Waals surface area contributed by atoms with Crippen LogP contribution in [0.3, 0.4) is 0 Å². The maximum atomic E-state index is 6.46. The van der Waals surface area contributed by atoms with Crippen molar-refractivity contribution in [3.8, 4) is 0 Å². The molecule has 3 N–H and O–H groups in total. The molecular weight excluding hydrogens is 336 g/mol. The van der Waals surface area contributed by atoms with Crippen molar-refractivity contribution in [2.24, 2.45) is 10.7 Å². The predicted molar refractivity (Wildman–Crippen MR) is 103 cm³/mol. The summed E-state index contributed by atoms with van der Waals surface area (Å²) in [6.07, 6.45) is 6.27. The molecule has 0 spiro atoms. The average Bonchev–Trinajstić information content (AvgIpc) is 2.65. The Labute approximate surface area is 155 Å². The minimum absolute atomic E-state index is 0.129. The van der Waals surface area contributed by atoms with Crippen LogP contribution in [0.2, 0.25) is 5.02 Å². The summed E-state index contributed by atoms with van der Waals surface area (Å²) in [7, 11) is 0. The highest BCUT2D eigenvalue weighted by atomic mass is 35.5. The highest BCUT2D eigenvalue weighted by molar-refractivity contribution is 6.31. The van der Waals surface area contributed by atoms with Crippen LogP contribution in [0.1, 0.15) is 43.7 Å². The van der Waals surface area contributed by atoms with E-state index < -0.39 is 0 Å². The third kappa shape index (κ3) is 5.33. The van der Waals surface area contributed by atoms with Crippen LogP contribution < -0.4 is 11.1 Å². The Morgan fingerprint density at radius 2 is 1.96 bits per heavy atom. The molecule has 2 aliphatic rings. The zero-order valence-corrected chi connectivity index (χ0v) is 15.5. The number of aliphatic imine (C=N–C) groups is 1. The second kappa shape index (κ2) is 9.41. The summed E-state index contributed by atoms with van der Waals surface area (Å²) in [5.41, 5.74) is 7.27. The number of halogens is 1. The molecule has 1 atom stereocenters. The molecule has 1 heterocycles. The van der Waals surface area contributed by atoms with E-state index in [2.05, 4.69) is 21.3 Å². The van der Waals surface area contributed by atoms with Crippen LogP contribution in [0.25, 0.3) is 0 Å². The predicted octanol–water partition coefficient (Wildman–Crippen LogP) is 2.95. The molecule has 2 fully saturated rings. The Bertz CT molecular complexity index is 568. The second-order valence-corrected chi connectivity index (χ2v) is 7.30. The molecule has 1 aromatic carbocycles. The Kier molecular flexibility index (Phi) is 6.96. The number of hydrogen-bond acceptors (Lipinski definition) is 3. The Balaban J connectivity index is 1.68. The third-order valence-corrected chi connectivity index (χ3v) is 5.49. The first-order valence-electron chi connectivity index (χ1n) is 9.36. The van der Waals surface area contributed by atoms with Crippen LogP contribution >= 0.6 is 11.6 Å². The fourth-order valence-electron chi connectivity index (χ4n) is 3.73. The number of nitrogens with zero attached hydrogens (tertiary/aromatic N) is 2. The molecule has 5 nitrogen and oxygen atoms in total. The lowest BCUT2D eigenvalue weighted by molar-refractivity contribution is 0.0180. The molecule has 0 aromatic heterocycles. The lowest BCUT2D eigenvalue weighted by Gasteiger charge is -2.34. The average molecular weight is 365 g/mol. The summed E-state index contributed by atoms with van der Waals surface area (Å²) in [6.45, 7) is 3.89. The zero-order valence-electron chi connectivity index (χ0n) is 14.8. The fourth-order valence-corrected chi connectivity index (χ4v) is 3.99. The van der Waals surface area contributed by atoms with Gasteiger partial charge >= 0.3 is 0 Å². The summed E-state index contributed by atoms with van der Waals surface area (Å²) in [6, 6.07) is 8.62. The molecular formula is C19H29ClN4O. The molecule has 3 rings (SSSR count). The van der Waals surface area contributed by atoms with Crippen LogP contribution in [0.5, 0.6) is 0 Å². The van der Waals surface area contributed by atoms with Gasteiger partial charge in [-0.25, -0.2) is 0 Å². The van der Waals surface area contributed by atoms with E-state index in [0.29, 0.717) is 18.5 Å². The van der Waals surface area contributed by atoms with E-state index in [4.69, 9.17) is 22.1 Å². The minimum atomic E-state index is 0.129. The van der Waals surface area contributed by atoms with Crippen molar-refractivity contribution in [2.75, 3.05) is 32.8 Å². The number of morpholine rings is 1. The van der Waals surface area contributed by atoms with Crippen molar-refractivity contribution >= 4 is 17.6 Å². The van der Waals surface area contributed by atoms with Gasteiger partial charge in [0.2, 0.25) is 0 Å². The van der Waals surface area contributed by atoms with Gasteiger partial charge in [0.25, 0.3) is 0 Å². The number of ether oxygens (including phenoxy) is 1. The normalized spacial score (nSPS) is 21.9. The fraction of sp³-hybridized carbons (Fsp3) is 0.632. The molecule has 25 heavy (non-hydrogen) atoms. The lowest BCUT2D eigenvalue weighted by Crippen LogP contribution is -2.43. The van der Waals surface area contributed by atoms with Gasteiger partial charge in [0, 0.05) is 24.2 Å². The molecule has 0 bridgehead atoms. The summed E-state index contributed by atoms with van der Waals surface area (Å²) >= 11 is 6.46. The first-order valence-corrected chi connectivity index (χ1v) is 9.74. The maximum Gasteiger partial charge on any atom is 0.188 e. The number of guanidine groups is 1. The first kappa shape index (κ1) is 18.5. The Morgan fingerprint density at radius 3 is 2.68 bits per heavy atom. The highest BCUT2D eigenvalue weighted by Crippen LogP contribution is 2.28. The van der Waals surface area contributed by atoms with E-state index in [-0.39, 0.29) is 6.04 Å². The standard InChI is InChI=1S/C19H29ClN4O/c20-17-9-5-4-8-16(17)18(24-10-12-25-13-11-24)14-22-19(21)23-15-6-2-1-3-7-15/h4-5,8-9,15,18H,1-3,6-7,10-14H2,(H3,21,22,23). The minimum Gasteiger partial charge on any atom is -0.379 e. The molecule has 1 unspecified atom stereocenters. The number of rotatable bonds is 5. The summed E-state index contributed by atoms with van der Waals surface area (Å²) in [5, 5.41) is 4.18. The lowest BCUT2D eigenvalue weighted by atomic mass is 9.96. The summed E-state index contributed by atoms with van der Waals surface area (Å²) < 4.78 is 5.49. The smallest absolute Gasteiger partial charge is 0.188 e. The van der Waals surface area contributed by atoms with Gasteiger partial charge in [-0.2, -0.15) is 0 Å². The molecule has 0 radical (unpaired) electrons. The molecule has 1 aromatic rings. The molecule has 0 amide bonds. The van der Waals surface area contributed by atoms with Crippen LogP contribution in [0, 0.1) is 0 Å². The molecule has 138 valence electrons. The van der Waals surface area contributed by atoms with Crippen molar-refractivity contribution in [2.45, 2.75) is 44.2 Å². The first-order chi connectivity index (χ1) is 12.2. The molecule has 6 heteroatoms. The monoisotopic (exact) mass is 364 g/mol. The highest BCUT2D eigenvalue weighted by Gasteiger charge is 2.24. The van der Waals surface area contributed by atoms with Gasteiger partial charge in [0.15, 0.2) is 5.96 Å². The summed E-state index contributed by atoms with van der Waals surface area (Å²) in [4.78, 5) is 7.04. The third-order valence-electron chi connectivity index (χ3n) is 5.14. The van der Waals surface area contributed by atoms with Gasteiger partial charge in [-0.15, -0.1) is 0 Å². The Morgan fingerprint density at radius 1 is 1.24 bits per heavy atom. The van der Waals surface area contributed by atoms with Crippen LogP contribution in [0.15, 0.2) is 29.3 Å². The number of benzene rings is 1. The van der Waals surface area contributed by atoms with E-state index >= 15 is 0 Å². The van der Waals surface area contributed by atoms with Crippen molar-refractivity contribution in [1.82, 2.24) is 10.2 Å². The topological polar surface area (TPSA) is 62.9 Å². The Hall–Kier alpha value is -1.30. The van der Waals surface area contributed by atoms with E-state index in [1.165, 1.54) is 32.1 Å². The van der Waals surface area contributed by atoms with Gasteiger partial charge in [0.1, 0.15) is 0 Å². The molecule has 1 saturated carbocycles. The van der Waals surface area contributed by atoms with Crippen LogP contribution in [-0.2, 0) is 4.74 Å². The van der Waals surface area contributed by atoms with Gasteiger partial charge in [-0.3, -0.25) is 9.89 Å². The number of hydrogen-bond donors (Lipinski definition) is 2. The number of nitrogens with one attached hydrogen (secondary N) is 1. The van der Waals surface area contributed by atoms with Crippen molar-refractivity contribution in [3.63, 3.8) is 0 Å². The van der Waals surface area contributed by atoms with Gasteiger partial charge < -0.3 is 15.8 Å². The van der Waals surface area contributed by atoms with E-state index in [1.54, 1.807) is 0 Å². The zero-order chi connectivity index (χ0) is 17.5. The van der Waals surface area contributed by atoms with Gasteiger partial charge in [-0.05, 0) is 24.5 Å². The van der Waals surface area contributed by atoms with Crippen molar-refractivity contribution in [1.29, 1.82) is 0 Å². The van der Waals surface area contributed by atoms with Crippen LogP contribution in [0.4, 0.5) is 0 Å². The molecule has 1 saturated heterocycles. The quantitative estimate of drug-likeness (QED) is 0.623. The largest absolute Gasteiger partial charge is 0.379 e.